The van der Waals surface area contributed by atoms with Crippen molar-refractivity contribution in [3.05, 3.63) is 24.0 Å². The van der Waals surface area contributed by atoms with Gasteiger partial charge in [-0.2, -0.15) is 0 Å². The van der Waals surface area contributed by atoms with Gasteiger partial charge in [-0.25, -0.2) is 4.79 Å². The molecule has 0 bridgehead atoms. The molecule has 98 valence electrons. The number of hydrogen-bond donors (Lipinski definition) is 3. The van der Waals surface area contributed by atoms with Crippen LogP contribution in [-0.4, -0.2) is 33.8 Å². The monoisotopic (exact) mass is 252 g/mol. The summed E-state index contributed by atoms with van der Waals surface area (Å²) in [5, 5.41) is 20.5. The van der Waals surface area contributed by atoms with E-state index in [1.165, 1.54) is 18.3 Å². The van der Waals surface area contributed by atoms with Crippen LogP contribution in [0.3, 0.4) is 0 Å². The van der Waals surface area contributed by atoms with Crippen LogP contribution in [0.25, 0.3) is 0 Å². The Morgan fingerprint density at radius 1 is 1.50 bits per heavy atom. The van der Waals surface area contributed by atoms with E-state index >= 15 is 0 Å². The first-order chi connectivity index (χ1) is 8.28. The predicted octanol–water partition coefficient (Wildman–Crippen LogP) is -0.214. The van der Waals surface area contributed by atoms with E-state index in [4.69, 9.17) is 14.8 Å². The van der Waals surface area contributed by atoms with Gasteiger partial charge in [0.25, 0.3) is 0 Å². The number of nitrogens with one attached hydrogen (secondary N) is 1. The highest BCUT2D eigenvalue weighted by molar-refractivity contribution is 6.58. The third-order valence-corrected chi connectivity index (χ3v) is 1.95. The molecule has 0 saturated carbocycles. The molecule has 18 heavy (non-hydrogen) atoms. The summed E-state index contributed by atoms with van der Waals surface area (Å²) >= 11 is 0. The SMILES string of the molecule is CC(C)(C)OC(=O)NCc1cc(B(O)O)ccn1. The van der Waals surface area contributed by atoms with E-state index in [0.717, 1.165) is 0 Å². The predicted molar refractivity (Wildman–Crippen MR) is 67.1 cm³/mol. The van der Waals surface area contributed by atoms with E-state index in [1.54, 1.807) is 20.8 Å². The number of pyridine rings is 1. The zero-order valence-electron chi connectivity index (χ0n) is 10.7. The van der Waals surface area contributed by atoms with E-state index < -0.39 is 18.8 Å². The number of carbonyl (C=O) groups excluding carboxylic acids is 1. The van der Waals surface area contributed by atoms with Crippen molar-refractivity contribution in [2.45, 2.75) is 32.9 Å². The molecule has 0 aliphatic carbocycles. The summed E-state index contributed by atoms with van der Waals surface area (Å²) < 4.78 is 5.06. The zero-order valence-corrected chi connectivity index (χ0v) is 10.7. The zero-order chi connectivity index (χ0) is 13.8. The second-order valence-corrected chi connectivity index (χ2v) is 4.81. The topological polar surface area (TPSA) is 91.7 Å². The smallest absolute Gasteiger partial charge is 0.444 e. The maximum absolute atomic E-state index is 11.4. The number of carbonyl (C=O) groups is 1. The molecular weight excluding hydrogens is 235 g/mol. The average Bonchev–Trinajstić information content (AvgIpc) is 2.24. The molecule has 1 rings (SSSR count). The van der Waals surface area contributed by atoms with Crippen LogP contribution in [0.4, 0.5) is 4.79 Å². The highest BCUT2D eigenvalue weighted by Crippen LogP contribution is 2.06. The number of alkyl carbamates (subject to hydrolysis) is 1. The van der Waals surface area contributed by atoms with E-state index in [9.17, 15) is 4.79 Å². The average molecular weight is 252 g/mol. The van der Waals surface area contributed by atoms with Crippen molar-refractivity contribution in [3.63, 3.8) is 0 Å². The Balaban J connectivity index is 2.53. The van der Waals surface area contributed by atoms with E-state index in [1.807, 2.05) is 0 Å². The van der Waals surface area contributed by atoms with Gasteiger partial charge in [0.15, 0.2) is 0 Å². The standard InChI is InChI=1S/C11H17BN2O4/c1-11(2,3)18-10(15)14-7-9-6-8(12(16)17)4-5-13-9/h4-6,16-17H,7H2,1-3H3,(H,14,15). The lowest BCUT2D eigenvalue weighted by atomic mass is 9.81. The maximum atomic E-state index is 11.4. The summed E-state index contributed by atoms with van der Waals surface area (Å²) in [4.78, 5) is 15.4. The molecule has 0 aliphatic heterocycles. The van der Waals surface area contributed by atoms with Gasteiger partial charge >= 0.3 is 13.2 Å². The molecule has 1 aromatic rings. The molecule has 1 amide bonds. The van der Waals surface area contributed by atoms with Crippen molar-refractivity contribution < 1.29 is 19.6 Å². The number of nitrogens with zero attached hydrogens (tertiary/aromatic N) is 1. The molecule has 0 aliphatic rings. The number of amides is 1. The minimum Gasteiger partial charge on any atom is -0.444 e. The summed E-state index contributed by atoms with van der Waals surface area (Å²) in [6.07, 6.45) is 0.903. The van der Waals surface area contributed by atoms with Crippen molar-refractivity contribution in [1.29, 1.82) is 0 Å². The molecule has 0 fully saturated rings. The Morgan fingerprint density at radius 3 is 2.72 bits per heavy atom. The highest BCUT2D eigenvalue weighted by Gasteiger charge is 2.16. The van der Waals surface area contributed by atoms with Crippen molar-refractivity contribution in [1.82, 2.24) is 10.3 Å². The Hall–Kier alpha value is -1.60. The van der Waals surface area contributed by atoms with Crippen molar-refractivity contribution >= 4 is 18.7 Å². The van der Waals surface area contributed by atoms with Crippen LogP contribution in [0.5, 0.6) is 0 Å². The van der Waals surface area contributed by atoms with Crippen LogP contribution < -0.4 is 10.8 Å². The van der Waals surface area contributed by atoms with Crippen LogP contribution in [0.1, 0.15) is 26.5 Å². The molecule has 0 aromatic carbocycles. The molecular formula is C11H17BN2O4. The van der Waals surface area contributed by atoms with E-state index in [2.05, 4.69) is 10.3 Å². The van der Waals surface area contributed by atoms with Crippen molar-refractivity contribution in [2.24, 2.45) is 0 Å². The van der Waals surface area contributed by atoms with Crippen LogP contribution in [0.2, 0.25) is 0 Å². The molecule has 0 atom stereocenters. The van der Waals surface area contributed by atoms with E-state index in [-0.39, 0.29) is 6.54 Å². The molecule has 7 heteroatoms. The number of rotatable bonds is 3. The minimum absolute atomic E-state index is 0.162. The van der Waals surface area contributed by atoms with Crippen LogP contribution >= 0.6 is 0 Å². The second-order valence-electron chi connectivity index (χ2n) is 4.81. The van der Waals surface area contributed by atoms with Gasteiger partial charge in [0.2, 0.25) is 0 Å². The summed E-state index contributed by atoms with van der Waals surface area (Å²) in [7, 11) is -1.55. The summed E-state index contributed by atoms with van der Waals surface area (Å²) in [5.41, 5.74) is 0.290. The van der Waals surface area contributed by atoms with Crippen LogP contribution in [0.15, 0.2) is 18.3 Å². The van der Waals surface area contributed by atoms with Gasteiger partial charge in [0, 0.05) is 6.20 Å². The lowest BCUT2D eigenvalue weighted by Gasteiger charge is -2.19. The second kappa shape index (κ2) is 5.84. The Morgan fingerprint density at radius 2 is 2.17 bits per heavy atom. The normalized spacial score (nSPS) is 10.9. The largest absolute Gasteiger partial charge is 0.488 e. The molecule has 1 aromatic heterocycles. The van der Waals surface area contributed by atoms with Gasteiger partial charge in [-0.15, -0.1) is 0 Å². The Kier molecular flexibility index (Phi) is 4.69. The summed E-state index contributed by atoms with van der Waals surface area (Å²) in [6.45, 7) is 5.48. The Bertz CT molecular complexity index is 418. The van der Waals surface area contributed by atoms with Gasteiger partial charge in [-0.05, 0) is 38.4 Å². The van der Waals surface area contributed by atoms with Crippen molar-refractivity contribution in [2.75, 3.05) is 0 Å². The lowest BCUT2D eigenvalue weighted by Crippen LogP contribution is -2.33. The first-order valence-electron chi connectivity index (χ1n) is 5.56. The summed E-state index contributed by atoms with van der Waals surface area (Å²) in [6, 6.07) is 2.99. The molecule has 0 unspecified atom stereocenters. The fourth-order valence-electron chi connectivity index (χ4n) is 1.23. The van der Waals surface area contributed by atoms with E-state index in [0.29, 0.717) is 11.2 Å². The minimum atomic E-state index is -1.55. The third kappa shape index (κ3) is 5.16. The van der Waals surface area contributed by atoms with Crippen molar-refractivity contribution in [3.8, 4) is 0 Å². The van der Waals surface area contributed by atoms with Gasteiger partial charge in [0.05, 0.1) is 12.2 Å². The third-order valence-electron chi connectivity index (χ3n) is 1.95. The molecule has 0 spiro atoms. The number of aromatic nitrogens is 1. The van der Waals surface area contributed by atoms with Gasteiger partial charge in [0.1, 0.15) is 5.60 Å². The van der Waals surface area contributed by atoms with Gasteiger partial charge < -0.3 is 20.1 Å². The molecule has 0 radical (unpaired) electrons. The fraction of sp³-hybridized carbons (Fsp3) is 0.455. The number of hydrogen-bond acceptors (Lipinski definition) is 5. The van der Waals surface area contributed by atoms with Crippen LogP contribution in [0, 0.1) is 0 Å². The Labute approximate surface area is 106 Å². The molecule has 1 heterocycles. The number of ether oxygens (including phenoxy) is 1. The maximum Gasteiger partial charge on any atom is 0.488 e. The molecule has 6 nitrogen and oxygen atoms in total. The highest BCUT2D eigenvalue weighted by atomic mass is 16.6. The summed E-state index contributed by atoms with van der Waals surface area (Å²) in [5.74, 6) is 0. The van der Waals surface area contributed by atoms with Gasteiger partial charge in [-0.1, -0.05) is 0 Å². The lowest BCUT2D eigenvalue weighted by molar-refractivity contribution is 0.0523. The van der Waals surface area contributed by atoms with Gasteiger partial charge in [-0.3, -0.25) is 4.98 Å². The first kappa shape index (κ1) is 14.5. The quantitative estimate of drug-likeness (QED) is 0.647. The molecule has 3 N–H and O–H groups in total. The fourth-order valence-corrected chi connectivity index (χ4v) is 1.23. The molecule has 0 saturated heterocycles. The van der Waals surface area contributed by atoms with Crippen LogP contribution in [-0.2, 0) is 11.3 Å². The first-order valence-corrected chi connectivity index (χ1v) is 5.56.